The van der Waals surface area contributed by atoms with Gasteiger partial charge >= 0.3 is 0 Å². The van der Waals surface area contributed by atoms with E-state index in [1.165, 1.54) is 30.3 Å². The summed E-state index contributed by atoms with van der Waals surface area (Å²) in [5.74, 6) is -0.545. The molecule has 0 bridgehead atoms. The number of sulfonamides is 1. The number of nitro groups is 1. The van der Waals surface area contributed by atoms with E-state index in [1.54, 1.807) is 18.2 Å². The Labute approximate surface area is 193 Å². The summed E-state index contributed by atoms with van der Waals surface area (Å²) in [6.07, 6.45) is 1.39. The van der Waals surface area contributed by atoms with Gasteiger partial charge in [-0.05, 0) is 42.2 Å². The van der Waals surface area contributed by atoms with Crippen molar-refractivity contribution in [3.63, 3.8) is 0 Å². The van der Waals surface area contributed by atoms with Gasteiger partial charge in [0.05, 0.1) is 15.5 Å². The first-order valence-electron chi connectivity index (χ1n) is 10.5. The highest BCUT2D eigenvalue weighted by molar-refractivity contribution is 7.92. The van der Waals surface area contributed by atoms with Crippen molar-refractivity contribution < 1.29 is 18.1 Å². The molecule has 3 aromatic rings. The molecule has 33 heavy (non-hydrogen) atoms. The molecule has 0 heterocycles. The van der Waals surface area contributed by atoms with Gasteiger partial charge in [0, 0.05) is 17.8 Å². The van der Waals surface area contributed by atoms with Crippen LogP contribution in [0.15, 0.2) is 77.7 Å². The molecule has 0 aliphatic carbocycles. The predicted octanol–water partition coefficient (Wildman–Crippen LogP) is 4.55. The number of nitro benzene ring substituents is 1. The predicted molar refractivity (Wildman–Crippen MR) is 128 cm³/mol. The Balaban J connectivity index is 2.02. The third kappa shape index (κ3) is 5.38. The molecular formula is C24H25N3O5S. The van der Waals surface area contributed by atoms with Crippen LogP contribution in [0.2, 0.25) is 0 Å². The normalized spacial score (nSPS) is 11.1. The third-order valence-corrected chi connectivity index (χ3v) is 7.00. The van der Waals surface area contributed by atoms with E-state index >= 15 is 0 Å². The number of benzene rings is 3. The molecule has 0 fully saturated rings. The summed E-state index contributed by atoms with van der Waals surface area (Å²) in [4.78, 5) is 23.7. The van der Waals surface area contributed by atoms with Crippen LogP contribution >= 0.6 is 0 Å². The maximum atomic E-state index is 13.4. The Bertz CT molecular complexity index is 1240. The van der Waals surface area contributed by atoms with Crippen LogP contribution in [0.1, 0.15) is 25.0 Å². The fourth-order valence-electron chi connectivity index (χ4n) is 3.51. The van der Waals surface area contributed by atoms with Gasteiger partial charge in [0.1, 0.15) is 6.54 Å². The first-order chi connectivity index (χ1) is 15.8. The Morgan fingerprint density at radius 2 is 1.55 bits per heavy atom. The zero-order valence-corrected chi connectivity index (χ0v) is 19.2. The van der Waals surface area contributed by atoms with Crippen LogP contribution in [0.25, 0.3) is 0 Å². The SMILES string of the molecule is CCc1cccc(CC)c1NC(=O)CN(c1cccc([N+](=O)[O-])c1)S(=O)(=O)c1ccccc1. The van der Waals surface area contributed by atoms with Crippen molar-refractivity contribution in [3.8, 4) is 0 Å². The summed E-state index contributed by atoms with van der Waals surface area (Å²) >= 11 is 0. The number of nitrogens with zero attached hydrogens (tertiary/aromatic N) is 2. The summed E-state index contributed by atoms with van der Waals surface area (Å²) in [7, 11) is -4.17. The monoisotopic (exact) mass is 467 g/mol. The first-order valence-corrected chi connectivity index (χ1v) is 11.9. The van der Waals surface area contributed by atoms with Gasteiger partial charge in [-0.15, -0.1) is 0 Å². The Kier molecular flexibility index (Phi) is 7.44. The van der Waals surface area contributed by atoms with Crippen molar-refractivity contribution in [1.82, 2.24) is 0 Å². The Morgan fingerprint density at radius 1 is 0.939 bits per heavy atom. The van der Waals surface area contributed by atoms with Crippen LogP contribution in [0, 0.1) is 10.1 Å². The number of rotatable bonds is 9. The number of non-ortho nitro benzene ring substituents is 1. The molecule has 0 aromatic heterocycles. The van der Waals surface area contributed by atoms with Gasteiger partial charge in [-0.3, -0.25) is 19.2 Å². The van der Waals surface area contributed by atoms with E-state index < -0.39 is 27.4 Å². The van der Waals surface area contributed by atoms with E-state index in [2.05, 4.69) is 5.32 Å². The average molecular weight is 468 g/mol. The molecule has 0 saturated carbocycles. The van der Waals surface area contributed by atoms with E-state index in [-0.39, 0.29) is 16.3 Å². The maximum absolute atomic E-state index is 13.4. The molecule has 0 spiro atoms. The first kappa shape index (κ1) is 23.9. The molecule has 3 rings (SSSR count). The number of aryl methyl sites for hydroxylation is 2. The van der Waals surface area contributed by atoms with Crippen LogP contribution in [-0.2, 0) is 27.7 Å². The molecule has 172 valence electrons. The molecule has 3 aromatic carbocycles. The van der Waals surface area contributed by atoms with Crippen molar-refractivity contribution in [2.24, 2.45) is 0 Å². The van der Waals surface area contributed by atoms with Crippen LogP contribution in [0.4, 0.5) is 17.1 Å². The topological polar surface area (TPSA) is 110 Å². The highest BCUT2D eigenvalue weighted by atomic mass is 32.2. The second kappa shape index (κ2) is 10.3. The van der Waals surface area contributed by atoms with E-state index in [4.69, 9.17) is 0 Å². The number of amides is 1. The Morgan fingerprint density at radius 3 is 2.12 bits per heavy atom. The molecular weight excluding hydrogens is 442 g/mol. The maximum Gasteiger partial charge on any atom is 0.271 e. The highest BCUT2D eigenvalue weighted by Gasteiger charge is 2.28. The molecule has 8 nitrogen and oxygen atoms in total. The number of hydrogen-bond donors (Lipinski definition) is 1. The summed E-state index contributed by atoms with van der Waals surface area (Å²) in [5.41, 5.74) is 2.31. The van der Waals surface area contributed by atoms with Gasteiger partial charge in [-0.25, -0.2) is 8.42 Å². The van der Waals surface area contributed by atoms with Crippen molar-refractivity contribution >= 4 is 33.0 Å². The van der Waals surface area contributed by atoms with Crippen molar-refractivity contribution in [1.29, 1.82) is 0 Å². The van der Waals surface area contributed by atoms with Crippen LogP contribution in [0.3, 0.4) is 0 Å². The molecule has 1 N–H and O–H groups in total. The molecule has 0 aliphatic heterocycles. The summed E-state index contributed by atoms with van der Waals surface area (Å²) in [6.45, 7) is 3.40. The van der Waals surface area contributed by atoms with Gasteiger partial charge in [0.15, 0.2) is 0 Å². The van der Waals surface area contributed by atoms with Crippen LogP contribution in [-0.4, -0.2) is 25.8 Å². The van der Waals surface area contributed by atoms with E-state index in [0.717, 1.165) is 21.5 Å². The molecule has 9 heteroatoms. The van der Waals surface area contributed by atoms with Gasteiger partial charge in [0.2, 0.25) is 5.91 Å². The second-order valence-electron chi connectivity index (χ2n) is 7.31. The number of para-hydroxylation sites is 1. The molecule has 0 saturated heterocycles. The van der Waals surface area contributed by atoms with Crippen molar-refractivity contribution in [3.05, 3.63) is 94.0 Å². The minimum Gasteiger partial charge on any atom is -0.324 e. The molecule has 1 amide bonds. The number of carbonyl (C=O) groups excluding carboxylic acids is 1. The quantitative estimate of drug-likeness (QED) is 0.367. The van der Waals surface area contributed by atoms with Gasteiger partial charge in [-0.2, -0.15) is 0 Å². The number of nitrogens with one attached hydrogen (secondary N) is 1. The smallest absolute Gasteiger partial charge is 0.271 e. The van der Waals surface area contributed by atoms with Gasteiger partial charge in [0.25, 0.3) is 15.7 Å². The summed E-state index contributed by atoms with van der Waals surface area (Å²) < 4.78 is 27.7. The lowest BCUT2D eigenvalue weighted by atomic mass is 10.0. The molecule has 0 radical (unpaired) electrons. The minimum absolute atomic E-state index is 0.0208. The lowest BCUT2D eigenvalue weighted by Crippen LogP contribution is -2.38. The Hall–Kier alpha value is -3.72. The number of hydrogen-bond acceptors (Lipinski definition) is 5. The number of anilines is 2. The van der Waals surface area contributed by atoms with Gasteiger partial charge in [-0.1, -0.05) is 56.3 Å². The van der Waals surface area contributed by atoms with E-state index in [0.29, 0.717) is 18.5 Å². The largest absolute Gasteiger partial charge is 0.324 e. The lowest BCUT2D eigenvalue weighted by molar-refractivity contribution is -0.384. The van der Waals surface area contributed by atoms with Crippen LogP contribution in [0.5, 0.6) is 0 Å². The zero-order valence-electron chi connectivity index (χ0n) is 18.4. The third-order valence-electron chi connectivity index (χ3n) is 5.21. The van der Waals surface area contributed by atoms with E-state index in [1.807, 2.05) is 32.0 Å². The lowest BCUT2D eigenvalue weighted by Gasteiger charge is -2.24. The molecule has 0 unspecified atom stereocenters. The standard InChI is InChI=1S/C24H25N3O5S/c1-3-18-10-8-11-19(4-2)24(18)25-23(28)17-26(20-12-9-13-21(16-20)27(29)30)33(31,32)22-14-6-5-7-15-22/h5-16H,3-4,17H2,1-2H3,(H,25,28). The summed E-state index contributed by atoms with van der Waals surface area (Å²) in [5, 5.41) is 14.1. The number of carbonyl (C=O) groups is 1. The van der Waals surface area contributed by atoms with Crippen molar-refractivity contribution in [2.45, 2.75) is 31.6 Å². The van der Waals surface area contributed by atoms with Crippen LogP contribution < -0.4 is 9.62 Å². The molecule has 0 aliphatic rings. The zero-order chi connectivity index (χ0) is 24.0. The van der Waals surface area contributed by atoms with E-state index in [9.17, 15) is 23.3 Å². The highest BCUT2D eigenvalue weighted by Crippen LogP contribution is 2.28. The fourth-order valence-corrected chi connectivity index (χ4v) is 4.94. The molecule has 0 atom stereocenters. The summed E-state index contributed by atoms with van der Waals surface area (Å²) in [6, 6.07) is 18.6. The fraction of sp³-hybridized carbons (Fsp3) is 0.208. The van der Waals surface area contributed by atoms with Gasteiger partial charge < -0.3 is 5.32 Å². The minimum atomic E-state index is -4.17. The van der Waals surface area contributed by atoms with Crippen molar-refractivity contribution in [2.75, 3.05) is 16.2 Å². The average Bonchev–Trinajstić information content (AvgIpc) is 2.83. The second-order valence-corrected chi connectivity index (χ2v) is 9.17.